The summed E-state index contributed by atoms with van der Waals surface area (Å²) in [7, 11) is -3.81. The molecule has 10 heteroatoms. The van der Waals surface area contributed by atoms with Crippen LogP contribution in [0.15, 0.2) is 42.5 Å². The highest BCUT2D eigenvalue weighted by atomic mass is 32.2. The molecule has 0 unspecified atom stereocenters. The minimum Gasteiger partial charge on any atom is -0.454 e. The van der Waals surface area contributed by atoms with Gasteiger partial charge in [-0.3, -0.25) is 13.9 Å². The third kappa shape index (κ3) is 6.45. The molecule has 190 valence electrons. The molecular formula is C25H33N3O6S. The smallest absolute Gasteiger partial charge is 0.244 e. The second kappa shape index (κ2) is 11.0. The molecular weight excluding hydrogens is 470 g/mol. The second-order valence-corrected chi connectivity index (χ2v) is 11.0. The van der Waals surface area contributed by atoms with Crippen molar-refractivity contribution in [2.75, 3.05) is 23.4 Å². The van der Waals surface area contributed by atoms with E-state index in [2.05, 4.69) is 5.32 Å². The van der Waals surface area contributed by atoms with Crippen LogP contribution in [0.4, 0.5) is 5.69 Å². The van der Waals surface area contributed by atoms with Crippen LogP contribution in [0, 0.1) is 6.92 Å². The molecule has 0 spiro atoms. The average Bonchev–Trinajstić information content (AvgIpc) is 3.29. The van der Waals surface area contributed by atoms with E-state index in [9.17, 15) is 18.0 Å². The van der Waals surface area contributed by atoms with Gasteiger partial charge in [0.05, 0.1) is 11.4 Å². The normalized spacial score (nSPS) is 13.4. The van der Waals surface area contributed by atoms with Crippen molar-refractivity contribution in [1.29, 1.82) is 0 Å². The molecule has 35 heavy (non-hydrogen) atoms. The number of aryl methyl sites for hydroxylation is 1. The minimum absolute atomic E-state index is 0.0467. The number of hydrogen-bond donors (Lipinski definition) is 1. The molecule has 1 aliphatic heterocycles. The van der Waals surface area contributed by atoms with E-state index in [0.29, 0.717) is 17.2 Å². The number of hydrogen-bond acceptors (Lipinski definition) is 6. The number of sulfonamides is 1. The van der Waals surface area contributed by atoms with Crippen LogP contribution in [0.1, 0.15) is 38.8 Å². The molecule has 1 aliphatic rings. The molecule has 0 aromatic heterocycles. The number of benzene rings is 2. The molecule has 0 saturated heterocycles. The van der Waals surface area contributed by atoms with Crippen LogP contribution < -0.4 is 19.1 Å². The maximum atomic E-state index is 13.6. The number of carbonyl (C=O) groups is 2. The van der Waals surface area contributed by atoms with Gasteiger partial charge in [0.15, 0.2) is 11.5 Å². The molecule has 0 radical (unpaired) electrons. The fraction of sp³-hybridized carbons (Fsp3) is 0.440. The lowest BCUT2D eigenvalue weighted by Crippen LogP contribution is -2.52. The van der Waals surface area contributed by atoms with Crippen molar-refractivity contribution in [2.45, 2.75) is 53.2 Å². The van der Waals surface area contributed by atoms with Gasteiger partial charge in [0.2, 0.25) is 28.6 Å². The predicted octanol–water partition coefficient (Wildman–Crippen LogP) is 2.82. The van der Waals surface area contributed by atoms with Crippen LogP contribution in [-0.4, -0.2) is 56.3 Å². The van der Waals surface area contributed by atoms with Gasteiger partial charge in [-0.2, -0.15) is 0 Å². The van der Waals surface area contributed by atoms with E-state index < -0.39 is 28.5 Å². The first kappa shape index (κ1) is 26.3. The summed E-state index contributed by atoms with van der Waals surface area (Å²) in [5.74, 6) is -0.0859. The fourth-order valence-electron chi connectivity index (χ4n) is 3.64. The fourth-order valence-corrected chi connectivity index (χ4v) is 4.69. The van der Waals surface area contributed by atoms with Gasteiger partial charge in [0.1, 0.15) is 12.6 Å². The number of amides is 2. The molecule has 0 bridgehead atoms. The molecule has 1 N–H and O–H groups in total. The van der Waals surface area contributed by atoms with Gasteiger partial charge in [0.25, 0.3) is 0 Å². The first-order valence-corrected chi connectivity index (χ1v) is 13.2. The SMILES string of the molecule is CCS(=O)(=O)N(CC(=O)N(Cc1ccc(C)cc1)[C@H](C)C(=O)NC(C)C)c1ccc2c(c1)OCO2. The third-order valence-electron chi connectivity index (χ3n) is 5.70. The first-order chi connectivity index (χ1) is 16.5. The topological polar surface area (TPSA) is 105 Å². The van der Waals surface area contributed by atoms with Crippen molar-refractivity contribution < 1.29 is 27.5 Å². The van der Waals surface area contributed by atoms with Gasteiger partial charge in [-0.15, -0.1) is 0 Å². The Morgan fingerprint density at radius 3 is 2.31 bits per heavy atom. The summed E-state index contributed by atoms with van der Waals surface area (Å²) in [4.78, 5) is 27.8. The van der Waals surface area contributed by atoms with Crippen LogP contribution in [0.25, 0.3) is 0 Å². The zero-order chi connectivity index (χ0) is 25.8. The highest BCUT2D eigenvalue weighted by Gasteiger charge is 2.31. The zero-order valence-electron chi connectivity index (χ0n) is 20.8. The standard InChI is InChI=1S/C25H33N3O6S/c1-6-35(31,32)28(21-11-12-22-23(13-21)34-16-33-22)15-24(29)27(19(5)25(30)26-17(2)3)14-20-9-7-18(4)8-10-20/h7-13,17,19H,6,14-16H2,1-5H3,(H,26,30)/t19-/m1/s1. The third-order valence-corrected chi connectivity index (χ3v) is 7.44. The Labute approximate surface area is 207 Å². The Morgan fingerprint density at radius 2 is 1.69 bits per heavy atom. The maximum Gasteiger partial charge on any atom is 0.244 e. The number of fused-ring (bicyclic) bond motifs is 1. The van der Waals surface area contributed by atoms with Crippen LogP contribution in [0.5, 0.6) is 11.5 Å². The average molecular weight is 504 g/mol. The number of nitrogens with zero attached hydrogens (tertiary/aromatic N) is 2. The predicted molar refractivity (Wildman–Crippen MR) is 134 cm³/mol. The van der Waals surface area contributed by atoms with Crippen molar-refractivity contribution in [3.63, 3.8) is 0 Å². The van der Waals surface area contributed by atoms with Crippen LogP contribution in [0.2, 0.25) is 0 Å². The molecule has 1 atom stereocenters. The summed E-state index contributed by atoms with van der Waals surface area (Å²) in [6, 6.07) is 11.5. The van der Waals surface area contributed by atoms with Crippen molar-refractivity contribution in [3.05, 3.63) is 53.6 Å². The van der Waals surface area contributed by atoms with E-state index in [1.165, 1.54) is 11.8 Å². The van der Waals surface area contributed by atoms with Crippen molar-refractivity contribution >= 4 is 27.5 Å². The summed E-state index contributed by atoms with van der Waals surface area (Å²) in [5, 5.41) is 2.83. The maximum absolute atomic E-state index is 13.6. The lowest BCUT2D eigenvalue weighted by atomic mass is 10.1. The Hall–Kier alpha value is -3.27. The summed E-state index contributed by atoms with van der Waals surface area (Å²) >= 11 is 0. The van der Waals surface area contributed by atoms with Gasteiger partial charge in [0, 0.05) is 18.7 Å². The first-order valence-electron chi connectivity index (χ1n) is 11.6. The van der Waals surface area contributed by atoms with Crippen LogP contribution in [-0.2, 0) is 26.2 Å². The van der Waals surface area contributed by atoms with E-state index in [1.54, 1.807) is 25.1 Å². The summed E-state index contributed by atoms with van der Waals surface area (Å²) < 4.78 is 37.8. The monoisotopic (exact) mass is 503 g/mol. The summed E-state index contributed by atoms with van der Waals surface area (Å²) in [5.41, 5.74) is 2.19. The van der Waals surface area contributed by atoms with E-state index in [-0.39, 0.29) is 31.0 Å². The number of anilines is 1. The van der Waals surface area contributed by atoms with Crippen LogP contribution >= 0.6 is 0 Å². The van der Waals surface area contributed by atoms with Crippen LogP contribution in [0.3, 0.4) is 0 Å². The van der Waals surface area contributed by atoms with Gasteiger partial charge in [-0.25, -0.2) is 8.42 Å². The number of nitrogens with one attached hydrogen (secondary N) is 1. The Balaban J connectivity index is 1.93. The molecule has 0 fully saturated rings. The highest BCUT2D eigenvalue weighted by Crippen LogP contribution is 2.36. The zero-order valence-corrected chi connectivity index (χ0v) is 21.6. The molecule has 2 aromatic carbocycles. The number of ether oxygens (including phenoxy) is 2. The van der Waals surface area contributed by atoms with Crippen molar-refractivity contribution in [2.24, 2.45) is 0 Å². The molecule has 1 heterocycles. The van der Waals surface area contributed by atoms with E-state index in [0.717, 1.165) is 15.4 Å². The number of carbonyl (C=O) groups excluding carboxylic acids is 2. The van der Waals surface area contributed by atoms with Gasteiger partial charge >= 0.3 is 0 Å². The molecule has 0 aliphatic carbocycles. The lowest BCUT2D eigenvalue weighted by Gasteiger charge is -2.32. The molecule has 0 saturated carbocycles. The second-order valence-electron chi connectivity index (χ2n) is 8.79. The summed E-state index contributed by atoms with van der Waals surface area (Å²) in [6.45, 7) is 8.55. The largest absolute Gasteiger partial charge is 0.454 e. The molecule has 3 rings (SSSR count). The highest BCUT2D eigenvalue weighted by molar-refractivity contribution is 7.92. The molecule has 2 aromatic rings. The molecule has 2 amide bonds. The van der Waals surface area contributed by atoms with E-state index in [1.807, 2.05) is 45.0 Å². The van der Waals surface area contributed by atoms with Gasteiger partial charge in [-0.1, -0.05) is 29.8 Å². The summed E-state index contributed by atoms with van der Waals surface area (Å²) in [6.07, 6.45) is 0. The van der Waals surface area contributed by atoms with E-state index >= 15 is 0 Å². The van der Waals surface area contributed by atoms with Crippen molar-refractivity contribution in [1.82, 2.24) is 10.2 Å². The Kier molecular flexibility index (Phi) is 8.26. The Bertz CT molecular complexity index is 1160. The van der Waals surface area contributed by atoms with Gasteiger partial charge < -0.3 is 19.7 Å². The molecule has 9 nitrogen and oxygen atoms in total. The van der Waals surface area contributed by atoms with E-state index in [4.69, 9.17) is 9.47 Å². The lowest BCUT2D eigenvalue weighted by molar-refractivity contribution is -0.139. The van der Waals surface area contributed by atoms with Crippen molar-refractivity contribution in [3.8, 4) is 11.5 Å². The minimum atomic E-state index is -3.81. The number of rotatable bonds is 10. The quantitative estimate of drug-likeness (QED) is 0.535. The Morgan fingerprint density at radius 1 is 1.03 bits per heavy atom. The van der Waals surface area contributed by atoms with Gasteiger partial charge in [-0.05, 0) is 52.3 Å².